The summed E-state index contributed by atoms with van der Waals surface area (Å²) in [5, 5.41) is 0. The number of rotatable bonds is 2. The normalized spacial score (nSPS) is 12.8. The number of aromatic nitrogens is 2. The van der Waals surface area contributed by atoms with Crippen molar-refractivity contribution in [2.24, 2.45) is 0 Å². The first kappa shape index (κ1) is 10.9. The topological polar surface area (TPSA) is 28.7 Å². The number of benzene rings is 1. The summed E-state index contributed by atoms with van der Waals surface area (Å²) < 4.78 is 0. The molecule has 1 atom stereocenters. The van der Waals surface area contributed by atoms with E-state index in [4.69, 9.17) is 0 Å². The second kappa shape index (κ2) is 4.12. The number of hydrogen-bond acceptors (Lipinski definition) is 1. The number of aromatic amines is 1. The molecule has 84 valence electrons. The Hall–Kier alpha value is -1.57. The van der Waals surface area contributed by atoms with Crippen molar-refractivity contribution >= 4 is 0 Å². The molecule has 0 spiro atoms. The van der Waals surface area contributed by atoms with Gasteiger partial charge in [-0.3, -0.25) is 0 Å². The summed E-state index contributed by atoms with van der Waals surface area (Å²) in [7, 11) is 0. The average Bonchev–Trinajstić information content (AvgIpc) is 2.75. The maximum absolute atomic E-state index is 4.34. The van der Waals surface area contributed by atoms with E-state index in [2.05, 4.69) is 49.8 Å². The molecule has 0 saturated heterocycles. The minimum Gasteiger partial charge on any atom is -0.348 e. The van der Waals surface area contributed by atoms with Crippen LogP contribution in [0.5, 0.6) is 0 Å². The predicted molar refractivity (Wildman–Crippen MR) is 66.8 cm³/mol. The minimum absolute atomic E-state index is 0.327. The van der Waals surface area contributed by atoms with E-state index in [1.165, 1.54) is 22.3 Å². The first-order valence-electron chi connectivity index (χ1n) is 5.66. The SMILES string of the molecule is Cc1cc(C)c(C)c([C@H](C)c2ncc[nH]2)c1. The fourth-order valence-corrected chi connectivity index (χ4v) is 2.18. The highest BCUT2D eigenvalue weighted by molar-refractivity contribution is 5.41. The monoisotopic (exact) mass is 214 g/mol. The second-order valence-corrected chi connectivity index (χ2v) is 4.49. The molecule has 0 amide bonds. The van der Waals surface area contributed by atoms with E-state index in [-0.39, 0.29) is 0 Å². The number of nitrogens with zero attached hydrogens (tertiary/aromatic N) is 1. The molecule has 2 heteroatoms. The van der Waals surface area contributed by atoms with Crippen LogP contribution in [0.25, 0.3) is 0 Å². The molecular weight excluding hydrogens is 196 g/mol. The van der Waals surface area contributed by atoms with Gasteiger partial charge in [-0.25, -0.2) is 4.98 Å². The van der Waals surface area contributed by atoms with E-state index in [1.807, 2.05) is 12.4 Å². The smallest absolute Gasteiger partial charge is 0.113 e. The van der Waals surface area contributed by atoms with Crippen LogP contribution in [0.15, 0.2) is 24.5 Å². The van der Waals surface area contributed by atoms with Gasteiger partial charge in [0.25, 0.3) is 0 Å². The fraction of sp³-hybridized carbons (Fsp3) is 0.357. The summed E-state index contributed by atoms with van der Waals surface area (Å²) in [6.45, 7) is 8.69. The third-order valence-electron chi connectivity index (χ3n) is 3.25. The van der Waals surface area contributed by atoms with Crippen LogP contribution in [0, 0.1) is 20.8 Å². The maximum atomic E-state index is 4.34. The van der Waals surface area contributed by atoms with Gasteiger partial charge in [-0.05, 0) is 37.5 Å². The van der Waals surface area contributed by atoms with Crippen molar-refractivity contribution in [3.8, 4) is 0 Å². The van der Waals surface area contributed by atoms with E-state index in [1.54, 1.807) is 0 Å². The minimum atomic E-state index is 0.327. The van der Waals surface area contributed by atoms with Gasteiger partial charge in [0.1, 0.15) is 5.82 Å². The van der Waals surface area contributed by atoms with Gasteiger partial charge in [-0.2, -0.15) is 0 Å². The third kappa shape index (κ3) is 1.87. The Morgan fingerprint density at radius 3 is 2.56 bits per heavy atom. The molecule has 0 unspecified atom stereocenters. The summed E-state index contributed by atoms with van der Waals surface area (Å²) in [5.74, 6) is 1.36. The Balaban J connectivity index is 2.48. The Bertz CT molecular complexity index is 484. The molecule has 0 aliphatic heterocycles. The first-order chi connectivity index (χ1) is 7.59. The van der Waals surface area contributed by atoms with Crippen molar-refractivity contribution < 1.29 is 0 Å². The molecule has 16 heavy (non-hydrogen) atoms. The number of H-pyrrole nitrogens is 1. The van der Waals surface area contributed by atoms with E-state index in [0.717, 1.165) is 5.82 Å². The summed E-state index contributed by atoms with van der Waals surface area (Å²) in [6, 6.07) is 4.49. The van der Waals surface area contributed by atoms with Crippen molar-refractivity contribution in [1.29, 1.82) is 0 Å². The maximum Gasteiger partial charge on any atom is 0.113 e. The van der Waals surface area contributed by atoms with Gasteiger partial charge >= 0.3 is 0 Å². The summed E-state index contributed by atoms with van der Waals surface area (Å²) in [4.78, 5) is 7.53. The lowest BCUT2D eigenvalue weighted by atomic mass is 9.91. The number of imidazole rings is 1. The summed E-state index contributed by atoms with van der Waals surface area (Å²) in [5.41, 5.74) is 5.41. The molecule has 0 fully saturated rings. The number of aryl methyl sites for hydroxylation is 2. The molecule has 1 heterocycles. The Kier molecular flexibility index (Phi) is 2.82. The van der Waals surface area contributed by atoms with Crippen molar-refractivity contribution in [1.82, 2.24) is 9.97 Å². The zero-order valence-corrected chi connectivity index (χ0v) is 10.3. The number of hydrogen-bond donors (Lipinski definition) is 1. The van der Waals surface area contributed by atoms with Crippen molar-refractivity contribution in [2.45, 2.75) is 33.6 Å². The van der Waals surface area contributed by atoms with Crippen molar-refractivity contribution in [2.75, 3.05) is 0 Å². The molecule has 0 aliphatic carbocycles. The Morgan fingerprint density at radius 1 is 1.19 bits per heavy atom. The van der Waals surface area contributed by atoms with Crippen molar-refractivity contribution in [3.63, 3.8) is 0 Å². The average molecular weight is 214 g/mol. The lowest BCUT2D eigenvalue weighted by Gasteiger charge is -2.15. The van der Waals surface area contributed by atoms with E-state index < -0.39 is 0 Å². The predicted octanol–water partition coefficient (Wildman–Crippen LogP) is 3.49. The molecule has 1 aromatic heterocycles. The molecule has 0 aliphatic rings. The number of nitrogens with one attached hydrogen (secondary N) is 1. The summed E-state index contributed by atoms with van der Waals surface area (Å²) >= 11 is 0. The van der Waals surface area contributed by atoms with E-state index >= 15 is 0 Å². The highest BCUT2D eigenvalue weighted by Crippen LogP contribution is 2.27. The van der Waals surface area contributed by atoms with Crippen LogP contribution >= 0.6 is 0 Å². The molecule has 2 rings (SSSR count). The van der Waals surface area contributed by atoms with Crippen LogP contribution in [0.3, 0.4) is 0 Å². The highest BCUT2D eigenvalue weighted by Gasteiger charge is 2.14. The standard InChI is InChI=1S/C14H18N2/c1-9-7-10(2)11(3)13(8-9)12(4)14-15-5-6-16-14/h5-8,12H,1-4H3,(H,15,16)/t12-/m0/s1. The second-order valence-electron chi connectivity index (χ2n) is 4.49. The van der Waals surface area contributed by atoms with Crippen molar-refractivity contribution in [3.05, 3.63) is 52.6 Å². The van der Waals surface area contributed by atoms with Crippen LogP contribution < -0.4 is 0 Å². The lowest BCUT2D eigenvalue weighted by molar-refractivity contribution is 0.829. The molecular formula is C14H18N2. The van der Waals surface area contributed by atoms with E-state index in [0.29, 0.717) is 5.92 Å². The molecule has 2 aromatic rings. The van der Waals surface area contributed by atoms with Crippen LogP contribution in [-0.4, -0.2) is 9.97 Å². The van der Waals surface area contributed by atoms with Gasteiger partial charge in [0.2, 0.25) is 0 Å². The van der Waals surface area contributed by atoms with Gasteiger partial charge in [0.05, 0.1) is 0 Å². The Morgan fingerprint density at radius 2 is 1.94 bits per heavy atom. The van der Waals surface area contributed by atoms with Gasteiger partial charge in [-0.15, -0.1) is 0 Å². The quantitative estimate of drug-likeness (QED) is 0.814. The summed E-state index contributed by atoms with van der Waals surface area (Å²) in [6.07, 6.45) is 3.69. The van der Waals surface area contributed by atoms with Crippen LogP contribution in [0.4, 0.5) is 0 Å². The third-order valence-corrected chi connectivity index (χ3v) is 3.25. The molecule has 0 saturated carbocycles. The zero-order valence-electron chi connectivity index (χ0n) is 10.3. The Labute approximate surface area is 96.7 Å². The highest BCUT2D eigenvalue weighted by atomic mass is 14.9. The van der Waals surface area contributed by atoms with Gasteiger partial charge in [-0.1, -0.05) is 24.6 Å². The zero-order chi connectivity index (χ0) is 11.7. The first-order valence-corrected chi connectivity index (χ1v) is 5.66. The molecule has 1 aromatic carbocycles. The van der Waals surface area contributed by atoms with Gasteiger partial charge < -0.3 is 4.98 Å². The van der Waals surface area contributed by atoms with E-state index in [9.17, 15) is 0 Å². The van der Waals surface area contributed by atoms with Crippen LogP contribution in [0.1, 0.15) is 40.9 Å². The van der Waals surface area contributed by atoms with Gasteiger partial charge in [0, 0.05) is 18.3 Å². The van der Waals surface area contributed by atoms with Gasteiger partial charge in [0.15, 0.2) is 0 Å². The fourth-order valence-electron chi connectivity index (χ4n) is 2.18. The van der Waals surface area contributed by atoms with Crippen LogP contribution in [0.2, 0.25) is 0 Å². The molecule has 1 N–H and O–H groups in total. The largest absolute Gasteiger partial charge is 0.348 e. The van der Waals surface area contributed by atoms with Crippen LogP contribution in [-0.2, 0) is 0 Å². The lowest BCUT2D eigenvalue weighted by Crippen LogP contribution is -2.03. The molecule has 0 bridgehead atoms. The molecule has 2 nitrogen and oxygen atoms in total. The molecule has 0 radical (unpaired) electrons.